The van der Waals surface area contributed by atoms with Crippen LogP contribution in [0.4, 0.5) is 0 Å². The molecule has 0 aliphatic heterocycles. The molecule has 0 unspecified atom stereocenters. The zero-order valence-corrected chi connectivity index (χ0v) is 24.2. The second-order valence-corrected chi connectivity index (χ2v) is 10.4. The zero-order chi connectivity index (χ0) is 29.1. The van der Waals surface area contributed by atoms with Crippen LogP contribution in [0.3, 0.4) is 0 Å². The van der Waals surface area contributed by atoms with Crippen LogP contribution in [-0.4, -0.2) is 30.2 Å². The van der Waals surface area contributed by atoms with Gasteiger partial charge in [-0.3, -0.25) is 4.79 Å². The standard InChI is InChI=1S/C30H19Cl4N3O4/c1-40-25-12-16(6-11-24(25)41-30(39)17-7-9-18(31)10-8-17)15-35-37-29(38)28-26(20-4-2-3-5-21(20)33)27-22(34)13-19(32)14-23(27)36-28/h2-15,36H,1H3,(H,37,38). The van der Waals surface area contributed by atoms with Gasteiger partial charge in [0.1, 0.15) is 5.69 Å². The van der Waals surface area contributed by atoms with E-state index in [-0.39, 0.29) is 11.4 Å². The summed E-state index contributed by atoms with van der Waals surface area (Å²) in [6.45, 7) is 0. The number of amides is 1. The second kappa shape index (κ2) is 12.2. The first-order valence-electron chi connectivity index (χ1n) is 12.0. The van der Waals surface area contributed by atoms with Crippen molar-refractivity contribution in [1.29, 1.82) is 0 Å². The summed E-state index contributed by atoms with van der Waals surface area (Å²) in [6.07, 6.45) is 1.42. The van der Waals surface area contributed by atoms with Gasteiger partial charge in [-0.25, -0.2) is 10.2 Å². The number of hydrogen-bond donors (Lipinski definition) is 2. The molecule has 1 aromatic heterocycles. The highest BCUT2D eigenvalue weighted by molar-refractivity contribution is 6.41. The van der Waals surface area contributed by atoms with Crippen LogP contribution in [0.1, 0.15) is 26.4 Å². The van der Waals surface area contributed by atoms with E-state index in [1.165, 1.54) is 13.3 Å². The van der Waals surface area contributed by atoms with Gasteiger partial charge in [0.2, 0.25) is 0 Å². The number of carbonyl (C=O) groups is 2. The maximum Gasteiger partial charge on any atom is 0.343 e. The number of esters is 1. The number of fused-ring (bicyclic) bond motifs is 1. The van der Waals surface area contributed by atoms with Crippen molar-refractivity contribution in [3.63, 3.8) is 0 Å². The van der Waals surface area contributed by atoms with Crippen molar-refractivity contribution in [2.75, 3.05) is 7.11 Å². The normalized spacial score (nSPS) is 11.1. The largest absolute Gasteiger partial charge is 0.493 e. The summed E-state index contributed by atoms with van der Waals surface area (Å²) < 4.78 is 10.9. The molecule has 0 fully saturated rings. The lowest BCUT2D eigenvalue weighted by Gasteiger charge is -2.10. The molecule has 0 spiro atoms. The Morgan fingerprint density at radius 3 is 2.34 bits per heavy atom. The molecule has 5 rings (SSSR count). The average molecular weight is 627 g/mol. The van der Waals surface area contributed by atoms with Gasteiger partial charge in [-0.05, 0) is 66.2 Å². The minimum Gasteiger partial charge on any atom is -0.493 e. The van der Waals surface area contributed by atoms with E-state index in [1.54, 1.807) is 72.8 Å². The maximum absolute atomic E-state index is 13.3. The van der Waals surface area contributed by atoms with Gasteiger partial charge in [0.05, 0.1) is 23.9 Å². The fraction of sp³-hybridized carbons (Fsp3) is 0.0333. The molecular formula is C30H19Cl4N3O4. The molecule has 2 N–H and O–H groups in total. The van der Waals surface area contributed by atoms with Crippen molar-refractivity contribution in [1.82, 2.24) is 10.4 Å². The highest BCUT2D eigenvalue weighted by Crippen LogP contribution is 2.41. The summed E-state index contributed by atoms with van der Waals surface area (Å²) in [5, 5.41) is 6.43. The maximum atomic E-state index is 13.3. The van der Waals surface area contributed by atoms with Gasteiger partial charge < -0.3 is 14.5 Å². The molecule has 1 amide bonds. The van der Waals surface area contributed by atoms with Crippen LogP contribution in [0, 0.1) is 0 Å². The number of H-pyrrole nitrogens is 1. The first-order valence-corrected chi connectivity index (χ1v) is 13.5. The molecule has 0 radical (unpaired) electrons. The zero-order valence-electron chi connectivity index (χ0n) is 21.2. The molecule has 41 heavy (non-hydrogen) atoms. The summed E-state index contributed by atoms with van der Waals surface area (Å²) in [5.41, 5.74) is 5.35. The summed E-state index contributed by atoms with van der Waals surface area (Å²) in [4.78, 5) is 28.9. The van der Waals surface area contributed by atoms with Gasteiger partial charge in [0, 0.05) is 37.1 Å². The van der Waals surface area contributed by atoms with Crippen molar-refractivity contribution in [3.8, 4) is 22.6 Å². The SMILES string of the molecule is COc1cc(C=NNC(=O)c2[nH]c3cc(Cl)cc(Cl)c3c2-c2ccccc2Cl)ccc1OC(=O)c1ccc(Cl)cc1. The van der Waals surface area contributed by atoms with Crippen LogP contribution in [0.2, 0.25) is 20.1 Å². The molecule has 7 nitrogen and oxygen atoms in total. The van der Waals surface area contributed by atoms with Crippen LogP contribution in [0.25, 0.3) is 22.0 Å². The fourth-order valence-electron chi connectivity index (χ4n) is 4.17. The Hall–Kier alpha value is -4.01. The van der Waals surface area contributed by atoms with E-state index in [4.69, 9.17) is 55.9 Å². The van der Waals surface area contributed by atoms with Crippen molar-refractivity contribution in [2.24, 2.45) is 5.10 Å². The van der Waals surface area contributed by atoms with E-state index in [9.17, 15) is 9.59 Å². The number of nitrogens with zero attached hydrogens (tertiary/aromatic N) is 1. The van der Waals surface area contributed by atoms with Crippen molar-refractivity contribution in [3.05, 3.63) is 116 Å². The Morgan fingerprint density at radius 2 is 1.61 bits per heavy atom. The summed E-state index contributed by atoms with van der Waals surface area (Å²) in [6, 6.07) is 21.6. The minimum absolute atomic E-state index is 0.205. The second-order valence-electron chi connectivity index (χ2n) is 8.67. The van der Waals surface area contributed by atoms with Crippen molar-refractivity contribution in [2.45, 2.75) is 0 Å². The predicted octanol–water partition coefficient (Wildman–Crippen LogP) is 8.44. The topological polar surface area (TPSA) is 92.8 Å². The van der Waals surface area contributed by atoms with Gasteiger partial charge in [-0.1, -0.05) is 64.6 Å². The number of rotatable bonds is 7. The van der Waals surface area contributed by atoms with E-state index in [0.717, 1.165) is 0 Å². The van der Waals surface area contributed by atoms with Gasteiger partial charge in [-0.15, -0.1) is 0 Å². The van der Waals surface area contributed by atoms with Crippen LogP contribution >= 0.6 is 46.4 Å². The Labute approximate surface area is 254 Å². The molecule has 5 aromatic rings. The monoisotopic (exact) mass is 625 g/mol. The number of benzene rings is 4. The summed E-state index contributed by atoms with van der Waals surface area (Å²) in [7, 11) is 1.45. The molecule has 0 aliphatic rings. The molecule has 0 atom stereocenters. The van der Waals surface area contributed by atoms with Crippen LogP contribution < -0.4 is 14.9 Å². The molecule has 206 valence electrons. The number of carbonyl (C=O) groups excluding carboxylic acids is 2. The number of ether oxygens (including phenoxy) is 2. The third kappa shape index (κ3) is 6.19. The van der Waals surface area contributed by atoms with Gasteiger partial charge in [-0.2, -0.15) is 5.10 Å². The number of hydrazone groups is 1. The third-order valence-corrected chi connectivity index (χ3v) is 7.13. The lowest BCUT2D eigenvalue weighted by atomic mass is 10.0. The van der Waals surface area contributed by atoms with E-state index >= 15 is 0 Å². The van der Waals surface area contributed by atoms with Crippen LogP contribution in [-0.2, 0) is 0 Å². The number of nitrogens with one attached hydrogen (secondary N) is 2. The minimum atomic E-state index is -0.567. The Bertz CT molecular complexity index is 1820. The molecule has 1 heterocycles. The molecule has 0 saturated heterocycles. The summed E-state index contributed by atoms with van der Waals surface area (Å²) in [5.74, 6) is -0.583. The van der Waals surface area contributed by atoms with Crippen molar-refractivity contribution < 1.29 is 19.1 Å². The summed E-state index contributed by atoms with van der Waals surface area (Å²) >= 11 is 25.1. The highest BCUT2D eigenvalue weighted by atomic mass is 35.5. The molecule has 11 heteroatoms. The molecule has 4 aromatic carbocycles. The Morgan fingerprint density at radius 1 is 0.854 bits per heavy atom. The first kappa shape index (κ1) is 28.5. The first-order chi connectivity index (χ1) is 19.7. The van der Waals surface area contributed by atoms with E-state index in [0.29, 0.717) is 59.0 Å². The Kier molecular flexibility index (Phi) is 8.52. The van der Waals surface area contributed by atoms with E-state index < -0.39 is 11.9 Å². The van der Waals surface area contributed by atoms with Crippen molar-refractivity contribution >= 4 is 75.4 Å². The van der Waals surface area contributed by atoms with E-state index in [2.05, 4.69) is 15.5 Å². The van der Waals surface area contributed by atoms with Gasteiger partial charge in [0.25, 0.3) is 5.91 Å². The molecular weight excluding hydrogens is 608 g/mol. The quantitative estimate of drug-likeness (QED) is 0.0820. The van der Waals surface area contributed by atoms with Crippen LogP contribution in [0.15, 0.2) is 84.0 Å². The lowest BCUT2D eigenvalue weighted by molar-refractivity contribution is 0.0729. The van der Waals surface area contributed by atoms with Gasteiger partial charge >= 0.3 is 5.97 Å². The molecule has 0 aliphatic carbocycles. The smallest absolute Gasteiger partial charge is 0.343 e. The lowest BCUT2D eigenvalue weighted by Crippen LogP contribution is -2.19. The fourth-order valence-corrected chi connectivity index (χ4v) is 5.11. The number of hydrogen-bond acceptors (Lipinski definition) is 5. The molecule has 0 bridgehead atoms. The number of halogens is 4. The van der Waals surface area contributed by atoms with E-state index in [1.807, 2.05) is 6.07 Å². The number of aromatic amines is 1. The number of methoxy groups -OCH3 is 1. The van der Waals surface area contributed by atoms with Gasteiger partial charge in [0.15, 0.2) is 11.5 Å². The molecule has 0 saturated carbocycles. The Balaban J connectivity index is 1.38. The average Bonchev–Trinajstić information content (AvgIpc) is 3.34. The van der Waals surface area contributed by atoms with Crippen LogP contribution in [0.5, 0.6) is 11.5 Å². The predicted molar refractivity (Wildman–Crippen MR) is 163 cm³/mol. The highest BCUT2D eigenvalue weighted by Gasteiger charge is 2.23. The third-order valence-electron chi connectivity index (χ3n) is 6.03. The number of aromatic nitrogens is 1.